The number of hydrogen-bond acceptors (Lipinski definition) is 9. The molecule has 5 atom stereocenters. The van der Waals surface area contributed by atoms with Crippen molar-refractivity contribution in [3.8, 4) is 5.75 Å². The fraction of sp³-hybridized carbons (Fsp3) is 0.481. The normalized spacial score (nSPS) is 27.2. The molecule has 2 fully saturated rings. The van der Waals surface area contributed by atoms with Gasteiger partial charge in [-0.3, -0.25) is 24.0 Å². The zero-order valence-electron chi connectivity index (χ0n) is 20.8. The molecule has 1 aromatic carbocycles. The van der Waals surface area contributed by atoms with Crippen molar-refractivity contribution in [3.05, 3.63) is 34.9 Å². The number of Topliss-reactive ketones (excluding diaryl/α,β-unsaturated/α-hetero) is 4. The number of esters is 1. The number of fused-ring (bicyclic) bond motifs is 3. The van der Waals surface area contributed by atoms with Gasteiger partial charge in [-0.25, -0.2) is 4.79 Å². The first-order valence-electron chi connectivity index (χ1n) is 12.3. The molecule has 0 saturated heterocycles. The molecule has 5 unspecified atom stereocenters. The number of amides is 1. The Morgan fingerprint density at radius 1 is 1.08 bits per heavy atom. The molecule has 2 saturated carbocycles. The van der Waals surface area contributed by atoms with E-state index in [1.54, 1.807) is 6.07 Å². The molecular formula is C27H30N2O8. The molecule has 10 nitrogen and oxygen atoms in total. The summed E-state index contributed by atoms with van der Waals surface area (Å²) in [5, 5.41) is 10.5. The maximum Gasteiger partial charge on any atom is 0.330 e. The number of benzene rings is 1. The maximum absolute atomic E-state index is 13.5. The minimum atomic E-state index is -1.67. The van der Waals surface area contributed by atoms with E-state index in [0.717, 1.165) is 6.54 Å². The van der Waals surface area contributed by atoms with Crippen LogP contribution in [0.5, 0.6) is 5.75 Å². The third kappa shape index (κ3) is 4.98. The molecule has 0 heterocycles. The second-order valence-electron chi connectivity index (χ2n) is 10.3. The van der Waals surface area contributed by atoms with Crippen molar-refractivity contribution >= 4 is 41.1 Å². The van der Waals surface area contributed by atoms with Gasteiger partial charge in [-0.1, -0.05) is 6.07 Å². The Labute approximate surface area is 213 Å². The predicted molar refractivity (Wildman–Crippen MR) is 130 cm³/mol. The van der Waals surface area contributed by atoms with Crippen LogP contribution < -0.4 is 5.73 Å². The van der Waals surface area contributed by atoms with E-state index >= 15 is 0 Å². The largest absolute Gasteiger partial charge is 0.507 e. The zero-order valence-corrected chi connectivity index (χ0v) is 20.8. The quantitative estimate of drug-likeness (QED) is 0.233. The van der Waals surface area contributed by atoms with Crippen LogP contribution in [0.25, 0.3) is 6.08 Å². The van der Waals surface area contributed by atoms with Gasteiger partial charge >= 0.3 is 5.97 Å². The smallest absolute Gasteiger partial charge is 0.330 e. The Morgan fingerprint density at radius 2 is 1.78 bits per heavy atom. The summed E-state index contributed by atoms with van der Waals surface area (Å²) in [6.45, 7) is 1.03. The fourth-order valence-corrected chi connectivity index (χ4v) is 5.93. The molecular weight excluding hydrogens is 480 g/mol. The number of carbonyl (C=O) groups excluding carboxylic acids is 6. The van der Waals surface area contributed by atoms with E-state index in [1.165, 1.54) is 18.2 Å². The van der Waals surface area contributed by atoms with Crippen molar-refractivity contribution < 1.29 is 38.6 Å². The number of nitrogens with two attached hydrogens (primary N) is 1. The summed E-state index contributed by atoms with van der Waals surface area (Å²) in [6.07, 6.45) is 3.82. The lowest BCUT2D eigenvalue weighted by Crippen LogP contribution is -2.56. The van der Waals surface area contributed by atoms with Crippen LogP contribution in [0.2, 0.25) is 0 Å². The Hall–Kier alpha value is -3.66. The van der Waals surface area contributed by atoms with E-state index in [0.29, 0.717) is 17.5 Å². The number of rotatable bonds is 7. The molecule has 0 spiro atoms. The van der Waals surface area contributed by atoms with Crippen molar-refractivity contribution in [3.63, 3.8) is 0 Å². The molecule has 1 amide bonds. The van der Waals surface area contributed by atoms with Crippen LogP contribution in [0, 0.1) is 29.6 Å². The molecule has 1 aromatic rings. The lowest BCUT2D eigenvalue weighted by molar-refractivity contribution is -0.153. The van der Waals surface area contributed by atoms with Crippen LogP contribution in [0.15, 0.2) is 18.2 Å². The number of ether oxygens (including phenoxy) is 1. The van der Waals surface area contributed by atoms with Crippen LogP contribution in [0.4, 0.5) is 0 Å². The number of aromatic hydroxyl groups is 1. The zero-order chi connectivity index (χ0) is 27.0. The molecule has 0 aliphatic heterocycles. The second kappa shape index (κ2) is 10.4. The van der Waals surface area contributed by atoms with E-state index in [9.17, 15) is 33.9 Å². The summed E-state index contributed by atoms with van der Waals surface area (Å²) in [5.41, 5.74) is 6.25. The highest BCUT2D eigenvalue weighted by Crippen LogP contribution is 2.48. The minimum Gasteiger partial charge on any atom is -0.507 e. The van der Waals surface area contributed by atoms with E-state index < -0.39 is 64.6 Å². The van der Waals surface area contributed by atoms with Gasteiger partial charge in [0.05, 0.1) is 24.0 Å². The SMILES string of the molecule is CN(C)CCCOC(=O)/C=C/c1ccc(O)c2c1CC1CC3CC(=O)C(C(N)=O)C(=O)C3C(=O)C1C2=O. The number of nitrogens with zero attached hydrogens (tertiary/aromatic N) is 1. The van der Waals surface area contributed by atoms with Crippen LogP contribution in [0.3, 0.4) is 0 Å². The van der Waals surface area contributed by atoms with Gasteiger partial charge in [-0.15, -0.1) is 0 Å². The summed E-state index contributed by atoms with van der Waals surface area (Å²) in [4.78, 5) is 78.0. The molecule has 0 aromatic heterocycles. The van der Waals surface area contributed by atoms with Gasteiger partial charge in [0.1, 0.15) is 5.75 Å². The van der Waals surface area contributed by atoms with Gasteiger partial charge in [0.25, 0.3) is 0 Å². The van der Waals surface area contributed by atoms with Crippen molar-refractivity contribution in [2.75, 3.05) is 27.2 Å². The van der Waals surface area contributed by atoms with Crippen LogP contribution in [0.1, 0.15) is 40.7 Å². The van der Waals surface area contributed by atoms with E-state index in [4.69, 9.17) is 10.5 Å². The molecule has 0 radical (unpaired) electrons. The van der Waals surface area contributed by atoms with Crippen LogP contribution in [-0.4, -0.2) is 72.3 Å². The number of hydrogen-bond donors (Lipinski definition) is 2. The minimum absolute atomic E-state index is 0.0136. The average molecular weight is 511 g/mol. The topological polar surface area (TPSA) is 161 Å². The number of phenols is 1. The first-order valence-corrected chi connectivity index (χ1v) is 12.3. The standard InChI is InChI=1S/C27H30N2O8/c1-29(2)8-3-9-37-19(32)7-5-13-4-6-17(30)22-16(13)11-14-10-15-12-18(31)23(27(28)36)26(35)21(15)24(33)20(14)25(22)34/h4-7,14-15,20-21,23,30H,3,8-12H2,1-2H3,(H2,28,36)/b7-5+. The summed E-state index contributed by atoms with van der Waals surface area (Å²) in [5.74, 6) is -9.74. The molecule has 4 rings (SSSR count). The van der Waals surface area contributed by atoms with Gasteiger partial charge in [0, 0.05) is 19.0 Å². The first-order chi connectivity index (χ1) is 17.5. The van der Waals surface area contributed by atoms with E-state index in [1.807, 2.05) is 19.0 Å². The van der Waals surface area contributed by atoms with Crippen LogP contribution in [-0.2, 0) is 35.1 Å². The van der Waals surface area contributed by atoms with Gasteiger partial charge < -0.3 is 20.5 Å². The van der Waals surface area contributed by atoms with Crippen molar-refractivity contribution in [1.82, 2.24) is 4.90 Å². The molecule has 3 aliphatic rings. The monoisotopic (exact) mass is 510 g/mol. The van der Waals surface area contributed by atoms with E-state index in [2.05, 4.69) is 0 Å². The molecule has 3 N–H and O–H groups in total. The average Bonchev–Trinajstić information content (AvgIpc) is 2.80. The summed E-state index contributed by atoms with van der Waals surface area (Å²) in [6, 6.07) is 2.90. The molecule has 196 valence electrons. The Bertz CT molecular complexity index is 1220. The number of carbonyl (C=O) groups is 6. The number of phenolic OH excluding ortho intramolecular Hbond substituents is 1. The highest BCUT2D eigenvalue weighted by molar-refractivity contribution is 6.27. The third-order valence-corrected chi connectivity index (χ3v) is 7.54. The van der Waals surface area contributed by atoms with E-state index in [-0.39, 0.29) is 37.2 Å². The Kier molecular flexibility index (Phi) is 7.40. The predicted octanol–water partition coefficient (Wildman–Crippen LogP) is 0.720. The number of primary amides is 1. The molecule has 37 heavy (non-hydrogen) atoms. The van der Waals surface area contributed by atoms with Gasteiger partial charge in [-0.2, -0.15) is 0 Å². The second-order valence-corrected chi connectivity index (χ2v) is 10.3. The lowest BCUT2D eigenvalue weighted by Gasteiger charge is -2.44. The molecule has 10 heteroatoms. The van der Waals surface area contributed by atoms with Gasteiger partial charge in [0.2, 0.25) is 5.91 Å². The van der Waals surface area contributed by atoms with Crippen molar-refractivity contribution in [2.45, 2.75) is 25.7 Å². The molecule has 0 bridgehead atoms. The maximum atomic E-state index is 13.5. The van der Waals surface area contributed by atoms with Gasteiger partial charge in [-0.05, 0) is 68.5 Å². The Balaban J connectivity index is 1.58. The highest BCUT2D eigenvalue weighted by atomic mass is 16.5. The van der Waals surface area contributed by atoms with Gasteiger partial charge in [0.15, 0.2) is 29.1 Å². The summed E-state index contributed by atoms with van der Waals surface area (Å²) < 4.78 is 5.20. The third-order valence-electron chi connectivity index (χ3n) is 7.54. The fourth-order valence-electron chi connectivity index (χ4n) is 5.93. The highest BCUT2D eigenvalue weighted by Gasteiger charge is 2.57. The lowest BCUT2D eigenvalue weighted by atomic mass is 9.56. The Morgan fingerprint density at radius 3 is 2.46 bits per heavy atom. The summed E-state index contributed by atoms with van der Waals surface area (Å²) >= 11 is 0. The van der Waals surface area contributed by atoms with Crippen molar-refractivity contribution in [1.29, 1.82) is 0 Å². The number of ketones is 4. The first kappa shape index (κ1) is 26.4. The summed E-state index contributed by atoms with van der Waals surface area (Å²) in [7, 11) is 3.84. The van der Waals surface area contributed by atoms with Crippen LogP contribution >= 0.6 is 0 Å². The molecule has 3 aliphatic carbocycles. The van der Waals surface area contributed by atoms with Crippen molar-refractivity contribution in [2.24, 2.45) is 35.3 Å².